The lowest BCUT2D eigenvalue weighted by Gasteiger charge is -2.37. The maximum absolute atomic E-state index is 13.6. The molecule has 12 nitrogen and oxygen atoms in total. The molecule has 0 radical (unpaired) electrons. The minimum absolute atomic E-state index is 0.103. The minimum atomic E-state index is -1.13. The summed E-state index contributed by atoms with van der Waals surface area (Å²) in [6.07, 6.45) is 0.421. The molecule has 1 amide bonds. The van der Waals surface area contributed by atoms with Crippen molar-refractivity contribution in [2.24, 2.45) is 0 Å². The molecule has 2 aromatic heterocycles. The number of anilines is 1. The van der Waals surface area contributed by atoms with Gasteiger partial charge in [-0.05, 0) is 24.3 Å². The fraction of sp³-hybridized carbons (Fsp3) is 0.346. The van der Waals surface area contributed by atoms with E-state index in [1.165, 1.54) is 16.8 Å². The van der Waals surface area contributed by atoms with Gasteiger partial charge in [0.2, 0.25) is 5.91 Å². The van der Waals surface area contributed by atoms with E-state index in [1.54, 1.807) is 29.2 Å². The minimum Gasteiger partial charge on any atom is -0.394 e. The molecular weight excluding hydrogens is 507 g/mol. The van der Waals surface area contributed by atoms with Crippen molar-refractivity contribution in [1.82, 2.24) is 35.3 Å². The van der Waals surface area contributed by atoms with Gasteiger partial charge in [-0.1, -0.05) is 34.7 Å². The van der Waals surface area contributed by atoms with Gasteiger partial charge in [0.25, 0.3) is 0 Å². The fourth-order valence-electron chi connectivity index (χ4n) is 4.51. The molecular formula is C26H29FN8O4. The number of nitrogens with one attached hydrogen (secondary N) is 2. The SMILES string of the molecule is CNc1ccc(-c2cn(CCNC(=O)C3CC(n4cc(-c5cccc(F)c5)nn4)C(O)C(CO)O3)nn2)cc1. The summed E-state index contributed by atoms with van der Waals surface area (Å²) in [6, 6.07) is 13.0. The van der Waals surface area contributed by atoms with Crippen molar-refractivity contribution < 1.29 is 24.1 Å². The molecule has 0 spiro atoms. The third-order valence-electron chi connectivity index (χ3n) is 6.66. The molecule has 0 saturated carbocycles. The highest BCUT2D eigenvalue weighted by atomic mass is 19.1. The molecule has 4 unspecified atom stereocenters. The number of aromatic nitrogens is 6. The number of rotatable bonds is 9. The Morgan fingerprint density at radius 3 is 2.62 bits per heavy atom. The van der Waals surface area contributed by atoms with Gasteiger partial charge < -0.3 is 25.6 Å². The van der Waals surface area contributed by atoms with E-state index in [2.05, 4.69) is 31.3 Å². The summed E-state index contributed by atoms with van der Waals surface area (Å²) in [5.74, 6) is -0.797. The number of hydrogen-bond donors (Lipinski definition) is 4. The molecule has 5 rings (SSSR count). The monoisotopic (exact) mass is 536 g/mol. The molecule has 1 aliphatic rings. The van der Waals surface area contributed by atoms with E-state index in [0.29, 0.717) is 23.5 Å². The standard InChI is InChI=1S/C26H29FN8O4/c1-28-19-7-5-16(6-8-19)20-13-34(32-30-20)10-9-29-26(38)23-12-22(25(37)24(15-36)39-23)35-14-21(31-33-35)17-3-2-4-18(27)11-17/h2-8,11,13-14,22-25,28,36-37H,9-10,12,15H2,1H3,(H,29,38). The van der Waals surface area contributed by atoms with Crippen LogP contribution in [0.1, 0.15) is 12.5 Å². The van der Waals surface area contributed by atoms with Gasteiger partial charge >= 0.3 is 0 Å². The van der Waals surface area contributed by atoms with Crippen molar-refractivity contribution in [3.63, 3.8) is 0 Å². The Balaban J connectivity index is 1.20. The van der Waals surface area contributed by atoms with Crippen LogP contribution in [-0.2, 0) is 16.1 Å². The third kappa shape index (κ3) is 5.95. The summed E-state index contributed by atoms with van der Waals surface area (Å²) < 4.78 is 22.4. The van der Waals surface area contributed by atoms with Gasteiger partial charge in [-0.25, -0.2) is 9.07 Å². The summed E-state index contributed by atoms with van der Waals surface area (Å²) in [7, 11) is 1.85. The van der Waals surface area contributed by atoms with Gasteiger partial charge in [-0.3, -0.25) is 9.48 Å². The highest BCUT2D eigenvalue weighted by molar-refractivity contribution is 5.81. The van der Waals surface area contributed by atoms with Crippen LogP contribution in [0.15, 0.2) is 60.9 Å². The number of benzene rings is 2. The van der Waals surface area contributed by atoms with Crippen LogP contribution in [0.4, 0.5) is 10.1 Å². The number of ether oxygens (including phenoxy) is 1. The number of halogens is 1. The number of aliphatic hydroxyl groups is 2. The van der Waals surface area contributed by atoms with E-state index in [0.717, 1.165) is 11.3 Å². The Morgan fingerprint density at radius 1 is 1.10 bits per heavy atom. The normalized spacial score (nSPS) is 21.0. The van der Waals surface area contributed by atoms with E-state index in [9.17, 15) is 19.4 Å². The van der Waals surface area contributed by atoms with Crippen LogP contribution in [0, 0.1) is 5.82 Å². The van der Waals surface area contributed by atoms with Gasteiger partial charge in [-0.15, -0.1) is 10.2 Å². The van der Waals surface area contributed by atoms with Crippen molar-refractivity contribution in [2.45, 2.75) is 37.3 Å². The predicted molar refractivity (Wildman–Crippen MR) is 139 cm³/mol. The van der Waals surface area contributed by atoms with Crippen LogP contribution in [0.2, 0.25) is 0 Å². The molecule has 0 bridgehead atoms. The lowest BCUT2D eigenvalue weighted by molar-refractivity contribution is -0.171. The van der Waals surface area contributed by atoms with Crippen LogP contribution in [0.25, 0.3) is 22.5 Å². The van der Waals surface area contributed by atoms with Crippen LogP contribution in [0.3, 0.4) is 0 Å². The van der Waals surface area contributed by atoms with Crippen LogP contribution < -0.4 is 10.6 Å². The van der Waals surface area contributed by atoms with E-state index in [4.69, 9.17) is 4.74 Å². The highest BCUT2D eigenvalue weighted by Gasteiger charge is 2.41. The second-order valence-electron chi connectivity index (χ2n) is 9.22. The first kappa shape index (κ1) is 26.4. The van der Waals surface area contributed by atoms with Crippen molar-refractivity contribution >= 4 is 11.6 Å². The molecule has 1 saturated heterocycles. The molecule has 2 aromatic carbocycles. The summed E-state index contributed by atoms with van der Waals surface area (Å²) in [5.41, 5.74) is 3.58. The maximum Gasteiger partial charge on any atom is 0.249 e. The number of aliphatic hydroxyl groups excluding tert-OH is 2. The van der Waals surface area contributed by atoms with Gasteiger partial charge in [-0.2, -0.15) is 0 Å². The Labute approximate surface area is 223 Å². The fourth-order valence-corrected chi connectivity index (χ4v) is 4.51. The number of nitrogens with zero attached hydrogens (tertiary/aromatic N) is 6. The van der Waals surface area contributed by atoms with E-state index < -0.39 is 36.8 Å². The number of amides is 1. The van der Waals surface area contributed by atoms with Crippen molar-refractivity contribution in [3.05, 3.63) is 66.7 Å². The Bertz CT molecular complexity index is 1410. The second-order valence-corrected chi connectivity index (χ2v) is 9.22. The average molecular weight is 537 g/mol. The summed E-state index contributed by atoms with van der Waals surface area (Å²) in [6.45, 7) is 0.170. The van der Waals surface area contributed by atoms with Gasteiger partial charge in [0.1, 0.15) is 35.5 Å². The summed E-state index contributed by atoms with van der Waals surface area (Å²) in [5, 5.41) is 42.9. The summed E-state index contributed by atoms with van der Waals surface area (Å²) >= 11 is 0. The first-order chi connectivity index (χ1) is 18.9. The Hall–Kier alpha value is -4.20. The topological polar surface area (TPSA) is 152 Å². The molecule has 4 aromatic rings. The molecule has 13 heteroatoms. The van der Waals surface area contributed by atoms with E-state index >= 15 is 0 Å². The number of carbonyl (C=O) groups excluding carboxylic acids is 1. The van der Waals surface area contributed by atoms with Crippen molar-refractivity contribution in [2.75, 3.05) is 25.5 Å². The smallest absolute Gasteiger partial charge is 0.249 e. The molecule has 0 aliphatic carbocycles. The highest BCUT2D eigenvalue weighted by Crippen LogP contribution is 2.30. The zero-order chi connectivity index (χ0) is 27.4. The predicted octanol–water partition coefficient (Wildman–Crippen LogP) is 1.25. The number of carbonyl (C=O) groups is 1. The Morgan fingerprint density at radius 2 is 1.87 bits per heavy atom. The van der Waals surface area contributed by atoms with E-state index in [-0.39, 0.29) is 18.9 Å². The molecule has 3 heterocycles. The zero-order valence-corrected chi connectivity index (χ0v) is 21.2. The van der Waals surface area contributed by atoms with Gasteiger partial charge in [0.05, 0.1) is 31.6 Å². The lowest BCUT2D eigenvalue weighted by atomic mass is 9.95. The Kier molecular flexibility index (Phi) is 7.91. The third-order valence-corrected chi connectivity index (χ3v) is 6.66. The van der Waals surface area contributed by atoms with Crippen LogP contribution in [0.5, 0.6) is 0 Å². The lowest BCUT2D eigenvalue weighted by Crippen LogP contribution is -2.52. The van der Waals surface area contributed by atoms with E-state index in [1.807, 2.05) is 31.3 Å². The zero-order valence-electron chi connectivity index (χ0n) is 21.2. The number of hydrogen-bond acceptors (Lipinski definition) is 9. The van der Waals surface area contributed by atoms with Crippen LogP contribution in [-0.4, -0.2) is 84.6 Å². The van der Waals surface area contributed by atoms with Gasteiger partial charge in [0, 0.05) is 36.8 Å². The first-order valence-corrected chi connectivity index (χ1v) is 12.5. The quantitative estimate of drug-likeness (QED) is 0.248. The second kappa shape index (κ2) is 11.7. The molecule has 204 valence electrons. The average Bonchev–Trinajstić information content (AvgIpc) is 3.64. The molecule has 4 atom stereocenters. The molecule has 4 N–H and O–H groups in total. The van der Waals surface area contributed by atoms with Gasteiger partial charge in [0.15, 0.2) is 0 Å². The van der Waals surface area contributed by atoms with Crippen molar-refractivity contribution in [3.8, 4) is 22.5 Å². The largest absolute Gasteiger partial charge is 0.394 e. The molecule has 39 heavy (non-hydrogen) atoms. The first-order valence-electron chi connectivity index (χ1n) is 12.5. The molecule has 1 fully saturated rings. The van der Waals surface area contributed by atoms with Crippen molar-refractivity contribution in [1.29, 1.82) is 0 Å². The maximum atomic E-state index is 13.6. The summed E-state index contributed by atoms with van der Waals surface area (Å²) in [4.78, 5) is 12.9. The molecule has 1 aliphatic heterocycles. The van der Waals surface area contributed by atoms with Crippen LogP contribution >= 0.6 is 0 Å².